The van der Waals surface area contributed by atoms with E-state index in [9.17, 15) is 9.59 Å². The van der Waals surface area contributed by atoms with Crippen LogP contribution in [0.5, 0.6) is 0 Å². The molecule has 0 aromatic carbocycles. The van der Waals surface area contributed by atoms with E-state index >= 15 is 0 Å². The largest absolute Gasteiger partial charge is 0.378 e. The highest BCUT2D eigenvalue weighted by molar-refractivity contribution is 5.85. The highest BCUT2D eigenvalue weighted by Gasteiger charge is 2.32. The van der Waals surface area contributed by atoms with Crippen LogP contribution in [0.15, 0.2) is 0 Å². The molecule has 23 heavy (non-hydrogen) atoms. The Bertz CT molecular complexity index is 363. The molecule has 0 radical (unpaired) electrons. The quantitative estimate of drug-likeness (QED) is 0.798. The maximum Gasteiger partial charge on any atom is 0.242 e. The molecule has 0 bridgehead atoms. The van der Waals surface area contributed by atoms with Crippen molar-refractivity contribution in [2.24, 2.45) is 5.92 Å². The third-order valence-corrected chi connectivity index (χ3v) is 5.08. The number of nitrogens with zero attached hydrogens (tertiary/aromatic N) is 2. The first kappa shape index (κ1) is 18.5. The minimum atomic E-state index is -0.214. The number of rotatable bonds is 2. The van der Waals surface area contributed by atoms with Crippen molar-refractivity contribution < 1.29 is 14.3 Å². The fraction of sp³-hybridized carbons (Fsp3) is 0.875. The van der Waals surface area contributed by atoms with Gasteiger partial charge in [-0.25, -0.2) is 0 Å². The van der Waals surface area contributed by atoms with Gasteiger partial charge in [0, 0.05) is 38.6 Å². The van der Waals surface area contributed by atoms with Gasteiger partial charge in [-0.05, 0) is 12.8 Å². The summed E-state index contributed by atoms with van der Waals surface area (Å²) >= 11 is 0. The first-order chi connectivity index (χ1) is 10.8. The van der Waals surface area contributed by atoms with Gasteiger partial charge >= 0.3 is 0 Å². The Labute approximate surface area is 144 Å². The number of carbonyl (C=O) groups excluding carboxylic acids is 2. The lowest BCUT2D eigenvalue weighted by atomic mass is 9.88. The first-order valence-corrected chi connectivity index (χ1v) is 8.64. The molecule has 0 aromatic rings. The third-order valence-electron chi connectivity index (χ3n) is 5.08. The predicted octanol–water partition coefficient (Wildman–Crippen LogP) is 0.648. The Morgan fingerprint density at radius 2 is 1.52 bits per heavy atom. The number of halogens is 1. The molecule has 3 fully saturated rings. The van der Waals surface area contributed by atoms with E-state index in [2.05, 4.69) is 5.32 Å². The topological polar surface area (TPSA) is 61.9 Å². The maximum absolute atomic E-state index is 12.5. The molecule has 6 nitrogen and oxygen atoms in total. The van der Waals surface area contributed by atoms with Crippen LogP contribution in [0.1, 0.15) is 32.1 Å². The van der Waals surface area contributed by atoms with Gasteiger partial charge in [0.05, 0.1) is 13.2 Å². The first-order valence-electron chi connectivity index (χ1n) is 8.64. The molecule has 1 unspecified atom stereocenters. The van der Waals surface area contributed by atoms with Crippen LogP contribution in [-0.4, -0.2) is 73.6 Å². The summed E-state index contributed by atoms with van der Waals surface area (Å²) in [6.07, 6.45) is 5.72. The van der Waals surface area contributed by atoms with Crippen molar-refractivity contribution in [1.82, 2.24) is 15.1 Å². The van der Waals surface area contributed by atoms with E-state index < -0.39 is 0 Å². The molecule has 0 aromatic heterocycles. The van der Waals surface area contributed by atoms with Gasteiger partial charge in [-0.15, -0.1) is 12.4 Å². The Kier molecular flexibility index (Phi) is 7.11. The maximum atomic E-state index is 12.5. The standard InChI is InChI=1S/C16H27N3O3.ClH/c20-15(13-4-2-1-3-5-13)18-7-9-19(10-8-18)16(21)14-12-22-11-6-17-14;/h13-14,17H,1-12H2;1H. The van der Waals surface area contributed by atoms with Gasteiger partial charge in [-0.1, -0.05) is 19.3 Å². The van der Waals surface area contributed by atoms with Gasteiger partial charge in [0.2, 0.25) is 11.8 Å². The number of nitrogens with one attached hydrogen (secondary N) is 1. The fourth-order valence-electron chi connectivity index (χ4n) is 3.70. The van der Waals surface area contributed by atoms with Crippen LogP contribution in [0.4, 0.5) is 0 Å². The van der Waals surface area contributed by atoms with E-state index in [0.717, 1.165) is 19.4 Å². The molecule has 3 rings (SSSR count). The summed E-state index contributed by atoms with van der Waals surface area (Å²) in [4.78, 5) is 28.8. The van der Waals surface area contributed by atoms with Crippen LogP contribution >= 0.6 is 12.4 Å². The fourth-order valence-corrected chi connectivity index (χ4v) is 3.70. The Morgan fingerprint density at radius 1 is 0.913 bits per heavy atom. The molecule has 3 aliphatic rings. The highest BCUT2D eigenvalue weighted by atomic mass is 35.5. The lowest BCUT2D eigenvalue weighted by molar-refractivity contribution is -0.145. The third kappa shape index (κ3) is 4.58. The number of amides is 2. The zero-order valence-electron chi connectivity index (χ0n) is 13.7. The van der Waals surface area contributed by atoms with Gasteiger partial charge in [0.15, 0.2) is 0 Å². The van der Waals surface area contributed by atoms with E-state index in [1.165, 1.54) is 19.3 Å². The molecule has 1 aliphatic carbocycles. The molecule has 1 N–H and O–H groups in total. The molecular weight excluding hydrogens is 318 g/mol. The number of piperazine rings is 1. The molecule has 132 valence electrons. The summed E-state index contributed by atoms with van der Waals surface area (Å²) in [5.74, 6) is 0.653. The van der Waals surface area contributed by atoms with Gasteiger partial charge < -0.3 is 19.9 Å². The molecule has 2 aliphatic heterocycles. The van der Waals surface area contributed by atoms with E-state index in [0.29, 0.717) is 45.3 Å². The lowest BCUT2D eigenvalue weighted by Gasteiger charge is -2.38. The predicted molar refractivity (Wildman–Crippen MR) is 89.6 cm³/mol. The lowest BCUT2D eigenvalue weighted by Crippen LogP contribution is -2.58. The van der Waals surface area contributed by atoms with Crippen LogP contribution in [-0.2, 0) is 14.3 Å². The second-order valence-electron chi connectivity index (χ2n) is 6.57. The minimum Gasteiger partial charge on any atom is -0.378 e. The molecule has 2 amide bonds. The Balaban J connectivity index is 0.00000192. The molecule has 7 heteroatoms. The summed E-state index contributed by atoms with van der Waals surface area (Å²) < 4.78 is 5.36. The van der Waals surface area contributed by atoms with Crippen LogP contribution in [0, 0.1) is 5.92 Å². The number of hydrogen-bond donors (Lipinski definition) is 1. The Morgan fingerprint density at radius 3 is 2.09 bits per heavy atom. The second-order valence-corrected chi connectivity index (χ2v) is 6.57. The van der Waals surface area contributed by atoms with Crippen LogP contribution in [0.25, 0.3) is 0 Å². The van der Waals surface area contributed by atoms with Crippen molar-refractivity contribution in [2.45, 2.75) is 38.1 Å². The van der Waals surface area contributed by atoms with E-state index in [4.69, 9.17) is 4.74 Å². The van der Waals surface area contributed by atoms with Gasteiger partial charge in [0.1, 0.15) is 6.04 Å². The van der Waals surface area contributed by atoms with Gasteiger partial charge in [-0.2, -0.15) is 0 Å². The van der Waals surface area contributed by atoms with E-state index in [1.807, 2.05) is 9.80 Å². The SMILES string of the molecule is Cl.O=C(C1CCCCC1)N1CCN(C(=O)C2COCCN2)CC1. The average molecular weight is 346 g/mol. The highest BCUT2D eigenvalue weighted by Crippen LogP contribution is 2.25. The minimum absolute atomic E-state index is 0. The molecule has 2 heterocycles. The second kappa shape index (κ2) is 8.85. The van der Waals surface area contributed by atoms with Crippen molar-refractivity contribution in [3.05, 3.63) is 0 Å². The summed E-state index contributed by atoms with van der Waals surface area (Å²) in [5.41, 5.74) is 0. The zero-order chi connectivity index (χ0) is 15.4. The van der Waals surface area contributed by atoms with Crippen molar-refractivity contribution in [2.75, 3.05) is 45.9 Å². The zero-order valence-corrected chi connectivity index (χ0v) is 14.5. The summed E-state index contributed by atoms with van der Waals surface area (Å²) in [5, 5.41) is 3.21. The molecule has 1 saturated carbocycles. The summed E-state index contributed by atoms with van der Waals surface area (Å²) in [6.45, 7) is 4.51. The number of carbonyl (C=O) groups is 2. The normalized spacial score (nSPS) is 26.5. The number of hydrogen-bond acceptors (Lipinski definition) is 4. The van der Waals surface area contributed by atoms with Gasteiger partial charge in [0.25, 0.3) is 0 Å². The number of ether oxygens (including phenoxy) is 1. The van der Waals surface area contributed by atoms with E-state index in [-0.39, 0.29) is 30.3 Å². The van der Waals surface area contributed by atoms with Crippen LogP contribution in [0.2, 0.25) is 0 Å². The molecule has 2 saturated heterocycles. The number of morpholine rings is 1. The van der Waals surface area contributed by atoms with Crippen molar-refractivity contribution >= 4 is 24.2 Å². The summed E-state index contributed by atoms with van der Waals surface area (Å²) in [7, 11) is 0. The van der Waals surface area contributed by atoms with Crippen molar-refractivity contribution in [3.63, 3.8) is 0 Å². The average Bonchev–Trinajstić information content (AvgIpc) is 2.62. The van der Waals surface area contributed by atoms with Crippen molar-refractivity contribution in [1.29, 1.82) is 0 Å². The molecular formula is C16H28ClN3O3. The summed E-state index contributed by atoms with van der Waals surface area (Å²) in [6, 6.07) is -0.214. The van der Waals surface area contributed by atoms with Crippen molar-refractivity contribution in [3.8, 4) is 0 Å². The van der Waals surface area contributed by atoms with Crippen LogP contribution in [0.3, 0.4) is 0 Å². The van der Waals surface area contributed by atoms with Gasteiger partial charge in [-0.3, -0.25) is 9.59 Å². The van der Waals surface area contributed by atoms with Crippen LogP contribution < -0.4 is 5.32 Å². The van der Waals surface area contributed by atoms with E-state index in [1.54, 1.807) is 0 Å². The smallest absolute Gasteiger partial charge is 0.242 e. The molecule has 0 spiro atoms. The Hall–Kier alpha value is -0.850. The molecule has 1 atom stereocenters. The monoisotopic (exact) mass is 345 g/mol.